The van der Waals surface area contributed by atoms with Gasteiger partial charge in [0.25, 0.3) is 5.91 Å². The third kappa shape index (κ3) is 4.70. The standard InChI is InChI=1S/C13H19ClN2O3/c1-18-7-5-16(6-8-19-2)13(17)11-9-10(14)3-4-12(11)15/h3-4,9H,5-8,15H2,1-2H3. The molecule has 0 aliphatic heterocycles. The van der Waals surface area contributed by atoms with E-state index in [0.717, 1.165) is 0 Å². The molecule has 19 heavy (non-hydrogen) atoms. The maximum Gasteiger partial charge on any atom is 0.256 e. The van der Waals surface area contributed by atoms with Crippen molar-refractivity contribution in [2.45, 2.75) is 0 Å². The minimum atomic E-state index is -0.172. The highest BCUT2D eigenvalue weighted by Gasteiger charge is 2.18. The number of halogens is 1. The summed E-state index contributed by atoms with van der Waals surface area (Å²) in [5.74, 6) is -0.172. The molecule has 0 bridgehead atoms. The Balaban J connectivity index is 2.87. The lowest BCUT2D eigenvalue weighted by Crippen LogP contribution is -2.36. The Kier molecular flexibility index (Phi) is 6.62. The molecule has 6 heteroatoms. The van der Waals surface area contributed by atoms with E-state index < -0.39 is 0 Å². The summed E-state index contributed by atoms with van der Waals surface area (Å²) in [7, 11) is 3.18. The predicted octanol–water partition coefficient (Wildman–Crippen LogP) is 1.66. The van der Waals surface area contributed by atoms with Gasteiger partial charge in [-0.3, -0.25) is 4.79 Å². The van der Waals surface area contributed by atoms with Crippen molar-refractivity contribution < 1.29 is 14.3 Å². The van der Waals surface area contributed by atoms with Gasteiger partial charge in [-0.1, -0.05) is 11.6 Å². The Morgan fingerprint density at radius 1 is 1.26 bits per heavy atom. The monoisotopic (exact) mass is 286 g/mol. The number of benzene rings is 1. The molecule has 0 aromatic heterocycles. The third-order valence-corrected chi connectivity index (χ3v) is 2.90. The normalized spacial score (nSPS) is 10.5. The third-order valence-electron chi connectivity index (χ3n) is 2.66. The van der Waals surface area contributed by atoms with Crippen LogP contribution in [0.2, 0.25) is 5.02 Å². The Hall–Kier alpha value is -1.30. The van der Waals surface area contributed by atoms with Crippen molar-refractivity contribution in [1.29, 1.82) is 0 Å². The molecule has 106 valence electrons. The first-order valence-electron chi connectivity index (χ1n) is 5.92. The number of hydrogen-bond donors (Lipinski definition) is 1. The molecule has 0 unspecified atom stereocenters. The molecule has 1 amide bonds. The van der Waals surface area contributed by atoms with E-state index in [2.05, 4.69) is 0 Å². The summed E-state index contributed by atoms with van der Waals surface area (Å²) in [5.41, 5.74) is 6.63. The smallest absolute Gasteiger partial charge is 0.256 e. The van der Waals surface area contributed by atoms with Gasteiger partial charge in [0.2, 0.25) is 0 Å². The van der Waals surface area contributed by atoms with Crippen LogP contribution in [0.15, 0.2) is 18.2 Å². The van der Waals surface area contributed by atoms with Gasteiger partial charge in [-0.2, -0.15) is 0 Å². The van der Waals surface area contributed by atoms with Crippen molar-refractivity contribution in [3.63, 3.8) is 0 Å². The van der Waals surface area contributed by atoms with E-state index in [1.807, 2.05) is 0 Å². The Bertz CT molecular complexity index is 418. The van der Waals surface area contributed by atoms with Crippen LogP contribution in [0.5, 0.6) is 0 Å². The summed E-state index contributed by atoms with van der Waals surface area (Å²) in [6.07, 6.45) is 0. The molecule has 1 aromatic rings. The number of nitrogens with two attached hydrogens (primary N) is 1. The Morgan fingerprint density at radius 2 is 1.84 bits per heavy atom. The summed E-state index contributed by atoms with van der Waals surface area (Å²) in [5, 5.41) is 0.482. The highest BCUT2D eigenvalue weighted by molar-refractivity contribution is 6.31. The number of anilines is 1. The van der Waals surface area contributed by atoms with Crippen LogP contribution in [0.3, 0.4) is 0 Å². The second kappa shape index (κ2) is 7.99. The zero-order valence-corrected chi connectivity index (χ0v) is 11.9. The van der Waals surface area contributed by atoms with Crippen molar-refractivity contribution >= 4 is 23.2 Å². The number of hydrogen-bond acceptors (Lipinski definition) is 4. The molecular formula is C13H19ClN2O3. The van der Waals surface area contributed by atoms with Gasteiger partial charge < -0.3 is 20.1 Å². The molecule has 0 radical (unpaired) electrons. The van der Waals surface area contributed by atoms with E-state index in [-0.39, 0.29) is 5.91 Å². The zero-order chi connectivity index (χ0) is 14.3. The fourth-order valence-electron chi connectivity index (χ4n) is 1.60. The number of ether oxygens (including phenoxy) is 2. The number of nitrogen functional groups attached to an aromatic ring is 1. The molecule has 0 aliphatic carbocycles. The van der Waals surface area contributed by atoms with Crippen LogP contribution in [-0.2, 0) is 9.47 Å². The Morgan fingerprint density at radius 3 is 2.37 bits per heavy atom. The number of nitrogens with zero attached hydrogens (tertiary/aromatic N) is 1. The molecule has 1 rings (SSSR count). The average Bonchev–Trinajstić information content (AvgIpc) is 2.41. The van der Waals surface area contributed by atoms with Crippen molar-refractivity contribution in [3.05, 3.63) is 28.8 Å². The molecule has 0 saturated carbocycles. The topological polar surface area (TPSA) is 64.8 Å². The first-order chi connectivity index (χ1) is 9.10. The average molecular weight is 287 g/mol. The summed E-state index contributed by atoms with van der Waals surface area (Å²) in [4.78, 5) is 14.0. The molecular weight excluding hydrogens is 268 g/mol. The largest absolute Gasteiger partial charge is 0.398 e. The van der Waals surface area contributed by atoms with E-state index >= 15 is 0 Å². The molecule has 5 nitrogen and oxygen atoms in total. The molecule has 0 aliphatic rings. The quantitative estimate of drug-likeness (QED) is 0.774. The second-order valence-electron chi connectivity index (χ2n) is 4.01. The van der Waals surface area contributed by atoms with Crippen molar-refractivity contribution in [2.75, 3.05) is 46.3 Å². The van der Waals surface area contributed by atoms with E-state index in [9.17, 15) is 4.79 Å². The van der Waals surface area contributed by atoms with E-state index in [4.69, 9.17) is 26.8 Å². The van der Waals surface area contributed by atoms with Gasteiger partial charge in [0.1, 0.15) is 0 Å². The number of methoxy groups -OCH3 is 2. The molecule has 0 heterocycles. The first-order valence-corrected chi connectivity index (χ1v) is 6.30. The van der Waals surface area contributed by atoms with Crippen LogP contribution >= 0.6 is 11.6 Å². The fourth-order valence-corrected chi connectivity index (χ4v) is 1.77. The summed E-state index contributed by atoms with van der Waals surface area (Å²) in [6.45, 7) is 1.86. The van der Waals surface area contributed by atoms with Gasteiger partial charge in [0.15, 0.2) is 0 Å². The molecule has 0 atom stereocenters. The van der Waals surface area contributed by atoms with Crippen LogP contribution in [-0.4, -0.2) is 51.3 Å². The van der Waals surface area contributed by atoms with Gasteiger partial charge in [-0.15, -0.1) is 0 Å². The van der Waals surface area contributed by atoms with Crippen LogP contribution in [0.25, 0.3) is 0 Å². The maximum absolute atomic E-state index is 12.4. The van der Waals surface area contributed by atoms with Crippen LogP contribution < -0.4 is 5.73 Å². The number of amides is 1. The highest BCUT2D eigenvalue weighted by Crippen LogP contribution is 2.19. The Labute approximate surface area is 118 Å². The molecule has 0 spiro atoms. The minimum absolute atomic E-state index is 0.172. The van der Waals surface area contributed by atoms with Gasteiger partial charge in [0.05, 0.1) is 18.8 Å². The number of carbonyl (C=O) groups is 1. The van der Waals surface area contributed by atoms with Crippen molar-refractivity contribution in [1.82, 2.24) is 4.90 Å². The molecule has 1 aromatic carbocycles. The van der Waals surface area contributed by atoms with Crippen molar-refractivity contribution in [2.24, 2.45) is 0 Å². The van der Waals surface area contributed by atoms with E-state index in [0.29, 0.717) is 42.6 Å². The van der Waals surface area contributed by atoms with Gasteiger partial charge in [-0.25, -0.2) is 0 Å². The summed E-state index contributed by atoms with van der Waals surface area (Å²) >= 11 is 5.90. The molecule has 0 fully saturated rings. The van der Waals surface area contributed by atoms with Gasteiger partial charge in [0, 0.05) is 38.0 Å². The van der Waals surface area contributed by atoms with Crippen molar-refractivity contribution in [3.8, 4) is 0 Å². The number of carbonyl (C=O) groups excluding carboxylic acids is 1. The van der Waals surface area contributed by atoms with Gasteiger partial charge >= 0.3 is 0 Å². The second-order valence-corrected chi connectivity index (χ2v) is 4.45. The SMILES string of the molecule is COCCN(CCOC)C(=O)c1cc(Cl)ccc1N. The van der Waals surface area contributed by atoms with E-state index in [1.54, 1.807) is 37.3 Å². The summed E-state index contributed by atoms with van der Waals surface area (Å²) < 4.78 is 10.0. The molecule has 0 saturated heterocycles. The van der Waals surface area contributed by atoms with Crippen LogP contribution in [0.1, 0.15) is 10.4 Å². The van der Waals surface area contributed by atoms with Gasteiger partial charge in [-0.05, 0) is 18.2 Å². The first kappa shape index (κ1) is 15.8. The highest BCUT2D eigenvalue weighted by atomic mass is 35.5. The number of rotatable bonds is 7. The molecule has 2 N–H and O–H groups in total. The summed E-state index contributed by atoms with van der Waals surface area (Å²) in [6, 6.07) is 4.86. The lowest BCUT2D eigenvalue weighted by atomic mass is 10.1. The maximum atomic E-state index is 12.4. The minimum Gasteiger partial charge on any atom is -0.398 e. The fraction of sp³-hybridized carbons (Fsp3) is 0.462. The lowest BCUT2D eigenvalue weighted by Gasteiger charge is -2.22. The van der Waals surface area contributed by atoms with Crippen LogP contribution in [0, 0.1) is 0 Å². The zero-order valence-electron chi connectivity index (χ0n) is 11.2. The predicted molar refractivity (Wildman–Crippen MR) is 75.5 cm³/mol. The van der Waals surface area contributed by atoms with E-state index in [1.165, 1.54) is 0 Å². The lowest BCUT2D eigenvalue weighted by molar-refractivity contribution is 0.0628. The van der Waals surface area contributed by atoms with Crippen LogP contribution in [0.4, 0.5) is 5.69 Å².